The van der Waals surface area contributed by atoms with Crippen LogP contribution in [0.4, 0.5) is 0 Å². The zero-order chi connectivity index (χ0) is 22.8. The van der Waals surface area contributed by atoms with E-state index in [0.29, 0.717) is 68.8 Å². The summed E-state index contributed by atoms with van der Waals surface area (Å²) in [7, 11) is 0. The van der Waals surface area contributed by atoms with Crippen LogP contribution in [0, 0.1) is 5.92 Å². The number of hydrogen-bond donors (Lipinski definition) is 0. The fraction of sp³-hybridized carbons (Fsp3) is 0.667. The highest BCUT2D eigenvalue weighted by Gasteiger charge is 2.27. The third-order valence-electron chi connectivity index (χ3n) is 5.59. The van der Waals surface area contributed by atoms with Gasteiger partial charge in [-0.25, -0.2) is 0 Å². The van der Waals surface area contributed by atoms with Crippen molar-refractivity contribution in [1.82, 2.24) is 9.80 Å². The van der Waals surface area contributed by atoms with Gasteiger partial charge in [0.25, 0.3) is 5.91 Å². The number of benzene rings is 1. The van der Waals surface area contributed by atoms with Gasteiger partial charge in [-0.2, -0.15) is 0 Å². The Kier molecular flexibility index (Phi) is 9.95. The first-order chi connectivity index (χ1) is 15.0. The Morgan fingerprint density at radius 3 is 1.84 bits per heavy atom. The molecule has 0 atom stereocenters. The number of hydrogen-bond acceptors (Lipinski definition) is 5. The first kappa shape index (κ1) is 24.8. The van der Waals surface area contributed by atoms with Gasteiger partial charge in [0, 0.05) is 37.7 Å². The summed E-state index contributed by atoms with van der Waals surface area (Å²) in [5.74, 6) is 1.74. The number of carbonyl (C=O) groups excluding carboxylic acids is 2. The van der Waals surface area contributed by atoms with E-state index in [2.05, 4.69) is 13.8 Å². The normalized spacial score (nSPS) is 14.4. The van der Waals surface area contributed by atoms with Crippen molar-refractivity contribution in [2.24, 2.45) is 5.92 Å². The Hall–Kier alpha value is -2.44. The van der Waals surface area contributed by atoms with E-state index in [0.717, 1.165) is 19.3 Å². The minimum Gasteiger partial charge on any atom is -0.490 e. The second kappa shape index (κ2) is 12.4. The zero-order valence-electron chi connectivity index (χ0n) is 19.7. The molecular weight excluding hydrogens is 396 g/mol. The van der Waals surface area contributed by atoms with E-state index >= 15 is 0 Å². The second-order valence-electron chi connectivity index (χ2n) is 7.59. The third-order valence-corrected chi connectivity index (χ3v) is 5.59. The fourth-order valence-electron chi connectivity index (χ4n) is 3.93. The van der Waals surface area contributed by atoms with E-state index < -0.39 is 0 Å². The first-order valence-electron chi connectivity index (χ1n) is 11.6. The van der Waals surface area contributed by atoms with Crippen molar-refractivity contribution >= 4 is 11.8 Å². The van der Waals surface area contributed by atoms with E-state index in [1.807, 2.05) is 30.6 Å². The number of nitrogens with zero attached hydrogens (tertiary/aromatic N) is 2. The number of amides is 2. The second-order valence-corrected chi connectivity index (χ2v) is 7.59. The van der Waals surface area contributed by atoms with Crippen molar-refractivity contribution in [2.45, 2.75) is 53.9 Å². The average molecular weight is 435 g/mol. The molecule has 1 fully saturated rings. The number of rotatable bonds is 10. The molecular formula is C24H38N2O5. The summed E-state index contributed by atoms with van der Waals surface area (Å²) in [5.41, 5.74) is 0.509. The van der Waals surface area contributed by atoms with E-state index in [-0.39, 0.29) is 17.7 Å². The van der Waals surface area contributed by atoms with Crippen LogP contribution in [0.3, 0.4) is 0 Å². The summed E-state index contributed by atoms with van der Waals surface area (Å²) >= 11 is 0. The first-order valence-corrected chi connectivity index (χ1v) is 11.6. The van der Waals surface area contributed by atoms with Crippen LogP contribution in [0.1, 0.15) is 64.2 Å². The van der Waals surface area contributed by atoms with Crippen LogP contribution in [-0.4, -0.2) is 67.6 Å². The molecule has 2 rings (SSSR count). The van der Waals surface area contributed by atoms with Gasteiger partial charge < -0.3 is 24.0 Å². The number of carbonyl (C=O) groups is 2. The Balaban J connectivity index is 2.22. The van der Waals surface area contributed by atoms with Crippen molar-refractivity contribution < 1.29 is 23.8 Å². The molecule has 1 aromatic carbocycles. The van der Waals surface area contributed by atoms with Gasteiger partial charge in [-0.3, -0.25) is 9.59 Å². The van der Waals surface area contributed by atoms with Gasteiger partial charge in [0.1, 0.15) is 0 Å². The molecule has 7 nitrogen and oxygen atoms in total. The largest absolute Gasteiger partial charge is 0.490 e. The van der Waals surface area contributed by atoms with Crippen LogP contribution in [0.25, 0.3) is 0 Å². The fourth-order valence-corrected chi connectivity index (χ4v) is 3.93. The molecule has 0 aliphatic carbocycles. The molecule has 1 aliphatic rings. The molecule has 1 aliphatic heterocycles. The van der Waals surface area contributed by atoms with Crippen LogP contribution in [0.2, 0.25) is 0 Å². The lowest BCUT2D eigenvalue weighted by Crippen LogP contribution is -2.39. The summed E-state index contributed by atoms with van der Waals surface area (Å²) < 4.78 is 17.2. The zero-order valence-corrected chi connectivity index (χ0v) is 19.7. The molecule has 1 saturated heterocycles. The molecule has 1 heterocycles. The van der Waals surface area contributed by atoms with Crippen molar-refractivity contribution in [3.05, 3.63) is 17.7 Å². The van der Waals surface area contributed by atoms with Gasteiger partial charge in [-0.15, -0.1) is 0 Å². The van der Waals surface area contributed by atoms with E-state index in [1.54, 1.807) is 12.1 Å². The van der Waals surface area contributed by atoms with E-state index in [4.69, 9.17) is 14.2 Å². The average Bonchev–Trinajstić information content (AvgIpc) is 3.02. The molecule has 31 heavy (non-hydrogen) atoms. The summed E-state index contributed by atoms with van der Waals surface area (Å²) in [4.78, 5) is 29.8. The molecule has 0 radical (unpaired) electrons. The molecule has 0 spiro atoms. The maximum atomic E-state index is 13.3. The molecule has 0 N–H and O–H groups in total. The van der Waals surface area contributed by atoms with Crippen molar-refractivity contribution in [3.8, 4) is 17.2 Å². The van der Waals surface area contributed by atoms with Gasteiger partial charge in [0.2, 0.25) is 11.7 Å². The van der Waals surface area contributed by atoms with Crippen LogP contribution in [0.5, 0.6) is 17.2 Å². The van der Waals surface area contributed by atoms with Crippen molar-refractivity contribution in [3.63, 3.8) is 0 Å². The Labute approximate surface area is 186 Å². The maximum absolute atomic E-state index is 13.3. The van der Waals surface area contributed by atoms with E-state index in [9.17, 15) is 9.59 Å². The summed E-state index contributed by atoms with van der Waals surface area (Å²) in [6.07, 6.45) is 2.47. The quantitative estimate of drug-likeness (QED) is 0.557. The van der Waals surface area contributed by atoms with Crippen LogP contribution in [0.15, 0.2) is 12.1 Å². The lowest BCUT2D eigenvalue weighted by Gasteiger charge is -2.25. The minimum absolute atomic E-state index is 0.0656. The molecule has 0 aromatic heterocycles. The number of ether oxygens (including phenoxy) is 3. The highest BCUT2D eigenvalue weighted by atomic mass is 16.5. The predicted molar refractivity (Wildman–Crippen MR) is 121 cm³/mol. The van der Waals surface area contributed by atoms with Crippen LogP contribution in [-0.2, 0) is 4.79 Å². The summed E-state index contributed by atoms with van der Waals surface area (Å²) in [6.45, 7) is 13.6. The van der Waals surface area contributed by atoms with Gasteiger partial charge in [-0.1, -0.05) is 13.8 Å². The molecule has 1 aromatic rings. The smallest absolute Gasteiger partial charge is 0.254 e. The third kappa shape index (κ3) is 6.28. The molecule has 0 bridgehead atoms. The standard InChI is InChI=1S/C24H38N2O5/c1-6-18(7-2)23(27)25-12-11-13-26(15-14-25)24(28)19-16-20(29-8-3)22(31-10-5)21(17-19)30-9-4/h16-18H,6-15H2,1-5H3. The topological polar surface area (TPSA) is 68.3 Å². The van der Waals surface area contributed by atoms with Crippen LogP contribution < -0.4 is 14.2 Å². The Morgan fingerprint density at radius 2 is 1.32 bits per heavy atom. The highest BCUT2D eigenvalue weighted by molar-refractivity contribution is 5.95. The molecule has 0 unspecified atom stereocenters. The monoisotopic (exact) mass is 434 g/mol. The molecule has 7 heteroatoms. The predicted octanol–water partition coefficient (Wildman–Crippen LogP) is 3.99. The molecule has 2 amide bonds. The van der Waals surface area contributed by atoms with Crippen molar-refractivity contribution in [1.29, 1.82) is 0 Å². The van der Waals surface area contributed by atoms with Crippen molar-refractivity contribution in [2.75, 3.05) is 46.0 Å². The van der Waals surface area contributed by atoms with Gasteiger partial charge >= 0.3 is 0 Å². The van der Waals surface area contributed by atoms with Gasteiger partial charge in [0.15, 0.2) is 11.5 Å². The molecule has 0 saturated carbocycles. The lowest BCUT2D eigenvalue weighted by molar-refractivity contribution is -0.135. The Bertz CT molecular complexity index is 706. The Morgan fingerprint density at radius 1 is 0.806 bits per heavy atom. The lowest BCUT2D eigenvalue weighted by atomic mass is 10.0. The summed E-state index contributed by atoms with van der Waals surface area (Å²) in [6, 6.07) is 3.47. The van der Waals surface area contributed by atoms with Gasteiger partial charge in [-0.05, 0) is 52.2 Å². The van der Waals surface area contributed by atoms with E-state index in [1.165, 1.54) is 0 Å². The minimum atomic E-state index is -0.0817. The highest BCUT2D eigenvalue weighted by Crippen LogP contribution is 2.39. The van der Waals surface area contributed by atoms with Crippen LogP contribution >= 0.6 is 0 Å². The van der Waals surface area contributed by atoms with Gasteiger partial charge in [0.05, 0.1) is 19.8 Å². The molecule has 174 valence electrons. The summed E-state index contributed by atoms with van der Waals surface area (Å²) in [5, 5.41) is 0. The maximum Gasteiger partial charge on any atom is 0.254 e. The SMILES string of the molecule is CCOc1cc(C(=O)N2CCCN(C(=O)C(CC)CC)CC2)cc(OCC)c1OCC.